The zero-order chi connectivity index (χ0) is 24.4. The molecule has 1 aromatic heterocycles. The Morgan fingerprint density at radius 2 is 1.34 bits per heavy atom. The van der Waals surface area contributed by atoms with Crippen LogP contribution in [0.4, 0.5) is 0 Å². The van der Waals surface area contributed by atoms with Crippen LogP contribution in [-0.2, 0) is 7.05 Å². The van der Waals surface area contributed by atoms with Crippen molar-refractivity contribution in [3.05, 3.63) is 124 Å². The van der Waals surface area contributed by atoms with Gasteiger partial charge in [-0.15, -0.1) is 0 Å². The molecule has 4 aromatic carbocycles. The third kappa shape index (κ3) is 4.76. The molecule has 0 saturated heterocycles. The maximum absolute atomic E-state index is 13.0. The van der Waals surface area contributed by atoms with Gasteiger partial charge in [0.05, 0.1) is 21.2 Å². The number of carbonyl (C=O) groups is 1. The minimum Gasteiger partial charge on any atom is -0.319 e. The van der Waals surface area contributed by atoms with Gasteiger partial charge < -0.3 is 4.57 Å². The summed E-state index contributed by atoms with van der Waals surface area (Å²) in [6, 6.07) is 34.4. The number of hydrogen-bond donors (Lipinski definition) is 0. The van der Waals surface area contributed by atoms with Crippen molar-refractivity contribution in [1.29, 1.82) is 0 Å². The van der Waals surface area contributed by atoms with Gasteiger partial charge in [0.25, 0.3) is 5.91 Å². The fourth-order valence-corrected chi connectivity index (χ4v) is 5.52. The van der Waals surface area contributed by atoms with Gasteiger partial charge in [-0.05, 0) is 46.9 Å². The molecule has 0 atom stereocenters. The zero-order valence-corrected chi connectivity index (χ0v) is 21.0. The van der Waals surface area contributed by atoms with Crippen LogP contribution in [0.1, 0.15) is 15.9 Å². The fourth-order valence-electron chi connectivity index (χ4n) is 4.06. The average Bonchev–Trinajstić information content (AvgIpc) is 3.20. The molecule has 0 aliphatic carbocycles. The molecule has 0 aliphatic heterocycles. The van der Waals surface area contributed by atoms with Gasteiger partial charge in [-0.1, -0.05) is 114 Å². The van der Waals surface area contributed by atoms with Gasteiger partial charge in [-0.3, -0.25) is 4.79 Å². The standard InChI is InChI=1S/C30H23ClN2OS/c1-20-13-18-25(26(31)19-20)29(34)32-30-33(2)27(28(35-30)24-11-7-4-8-12-24)23-16-14-22(15-17-23)21-9-5-3-6-10-21/h3-19H,1-2H3. The molecule has 0 spiro atoms. The van der Waals surface area contributed by atoms with E-state index in [9.17, 15) is 4.79 Å². The molecule has 35 heavy (non-hydrogen) atoms. The molecule has 0 saturated carbocycles. The van der Waals surface area contributed by atoms with E-state index in [1.165, 1.54) is 16.9 Å². The second-order valence-corrected chi connectivity index (χ2v) is 9.72. The summed E-state index contributed by atoms with van der Waals surface area (Å²) in [6.07, 6.45) is 0. The fraction of sp³-hybridized carbons (Fsp3) is 0.0667. The van der Waals surface area contributed by atoms with Crippen molar-refractivity contribution in [3.63, 3.8) is 0 Å². The Morgan fingerprint density at radius 1 is 0.771 bits per heavy atom. The molecule has 0 aliphatic rings. The number of thiazole rings is 1. The summed E-state index contributed by atoms with van der Waals surface area (Å²) in [7, 11) is 1.95. The molecular weight excluding hydrogens is 472 g/mol. The third-order valence-corrected chi connectivity index (χ3v) is 7.38. The van der Waals surface area contributed by atoms with Crippen LogP contribution in [0.25, 0.3) is 32.8 Å². The average molecular weight is 495 g/mol. The predicted molar refractivity (Wildman–Crippen MR) is 146 cm³/mol. The third-order valence-electron chi connectivity index (χ3n) is 5.88. The Bertz CT molecular complexity index is 1570. The van der Waals surface area contributed by atoms with E-state index in [1.807, 2.05) is 61.0 Å². The molecule has 1 amide bonds. The van der Waals surface area contributed by atoms with E-state index in [-0.39, 0.29) is 5.91 Å². The minimum absolute atomic E-state index is 0.350. The van der Waals surface area contributed by atoms with Gasteiger partial charge in [-0.2, -0.15) is 4.99 Å². The molecule has 5 rings (SSSR count). The Morgan fingerprint density at radius 3 is 1.97 bits per heavy atom. The van der Waals surface area contributed by atoms with Crippen LogP contribution in [0, 0.1) is 6.92 Å². The smallest absolute Gasteiger partial charge is 0.281 e. The monoisotopic (exact) mass is 494 g/mol. The molecule has 0 unspecified atom stereocenters. The van der Waals surface area contributed by atoms with Crippen LogP contribution < -0.4 is 4.80 Å². The van der Waals surface area contributed by atoms with Gasteiger partial charge >= 0.3 is 0 Å². The van der Waals surface area contributed by atoms with Gasteiger partial charge in [0.2, 0.25) is 0 Å². The van der Waals surface area contributed by atoms with E-state index in [0.29, 0.717) is 15.4 Å². The number of aryl methyl sites for hydroxylation is 1. The molecule has 0 N–H and O–H groups in total. The van der Waals surface area contributed by atoms with Crippen molar-refractivity contribution in [2.75, 3.05) is 0 Å². The van der Waals surface area contributed by atoms with Crippen LogP contribution in [-0.4, -0.2) is 10.5 Å². The van der Waals surface area contributed by atoms with E-state index in [0.717, 1.165) is 32.8 Å². The number of halogens is 1. The highest BCUT2D eigenvalue weighted by atomic mass is 35.5. The lowest BCUT2D eigenvalue weighted by molar-refractivity contribution is 0.0998. The SMILES string of the molecule is Cc1ccc(C(=O)N=c2sc(-c3ccccc3)c(-c3ccc(-c4ccccc4)cc3)n2C)c(Cl)c1. The number of rotatable bonds is 4. The van der Waals surface area contributed by atoms with Crippen LogP contribution >= 0.6 is 22.9 Å². The number of nitrogens with zero attached hydrogens (tertiary/aromatic N) is 2. The van der Waals surface area contributed by atoms with Crippen molar-refractivity contribution >= 4 is 28.8 Å². The molecular formula is C30H23ClN2OS. The lowest BCUT2D eigenvalue weighted by Gasteiger charge is -2.09. The van der Waals surface area contributed by atoms with E-state index in [2.05, 4.69) is 53.5 Å². The lowest BCUT2D eigenvalue weighted by atomic mass is 10.0. The summed E-state index contributed by atoms with van der Waals surface area (Å²) < 4.78 is 1.99. The quantitative estimate of drug-likeness (QED) is 0.251. The van der Waals surface area contributed by atoms with Crippen LogP contribution in [0.3, 0.4) is 0 Å². The number of carbonyl (C=O) groups excluding carboxylic acids is 1. The summed E-state index contributed by atoms with van der Waals surface area (Å²) >= 11 is 7.84. The van der Waals surface area contributed by atoms with Crippen molar-refractivity contribution in [2.24, 2.45) is 12.0 Å². The first-order chi connectivity index (χ1) is 17.0. The normalized spacial score (nSPS) is 11.6. The molecule has 5 heteroatoms. The Hall–Kier alpha value is -3.73. The van der Waals surface area contributed by atoms with Gasteiger partial charge in [-0.25, -0.2) is 0 Å². The highest BCUT2D eigenvalue weighted by Crippen LogP contribution is 2.35. The maximum atomic E-state index is 13.0. The molecule has 1 heterocycles. The molecule has 0 bridgehead atoms. The minimum atomic E-state index is -0.350. The predicted octanol–water partition coefficient (Wildman–Crippen LogP) is 7.79. The largest absolute Gasteiger partial charge is 0.319 e. The van der Waals surface area contributed by atoms with Gasteiger partial charge in [0.1, 0.15) is 0 Å². The Kier molecular flexibility index (Phi) is 6.49. The number of amides is 1. The number of aromatic nitrogens is 1. The van der Waals surface area contributed by atoms with Crippen molar-refractivity contribution in [1.82, 2.24) is 4.57 Å². The van der Waals surface area contributed by atoms with Crippen molar-refractivity contribution < 1.29 is 4.79 Å². The highest BCUT2D eigenvalue weighted by Gasteiger charge is 2.17. The van der Waals surface area contributed by atoms with Crippen molar-refractivity contribution in [3.8, 4) is 32.8 Å². The maximum Gasteiger partial charge on any atom is 0.281 e. The lowest BCUT2D eigenvalue weighted by Crippen LogP contribution is -2.14. The second kappa shape index (κ2) is 9.87. The first kappa shape index (κ1) is 23.0. The van der Waals surface area contributed by atoms with Gasteiger partial charge in [0, 0.05) is 7.05 Å². The summed E-state index contributed by atoms with van der Waals surface area (Å²) in [4.78, 5) is 19.2. The summed E-state index contributed by atoms with van der Waals surface area (Å²) in [5.41, 5.74) is 6.89. The van der Waals surface area contributed by atoms with Crippen LogP contribution in [0.5, 0.6) is 0 Å². The number of hydrogen-bond acceptors (Lipinski definition) is 2. The molecule has 0 fully saturated rings. The Labute approximate surface area is 213 Å². The van der Waals surface area contributed by atoms with Crippen LogP contribution in [0.2, 0.25) is 5.02 Å². The highest BCUT2D eigenvalue weighted by molar-refractivity contribution is 7.13. The molecule has 5 aromatic rings. The van der Waals surface area contributed by atoms with Crippen molar-refractivity contribution in [2.45, 2.75) is 6.92 Å². The van der Waals surface area contributed by atoms with E-state index in [4.69, 9.17) is 11.6 Å². The molecule has 0 radical (unpaired) electrons. The van der Waals surface area contributed by atoms with E-state index in [1.54, 1.807) is 12.1 Å². The Balaban J connectivity index is 1.63. The zero-order valence-electron chi connectivity index (χ0n) is 19.4. The first-order valence-electron chi connectivity index (χ1n) is 11.3. The summed E-state index contributed by atoms with van der Waals surface area (Å²) in [6.45, 7) is 1.94. The van der Waals surface area contributed by atoms with Crippen LogP contribution in [0.15, 0.2) is 108 Å². The number of benzene rings is 4. The topological polar surface area (TPSA) is 34.4 Å². The molecule has 3 nitrogen and oxygen atoms in total. The van der Waals surface area contributed by atoms with E-state index >= 15 is 0 Å². The second-order valence-electron chi connectivity index (χ2n) is 8.33. The van der Waals surface area contributed by atoms with E-state index < -0.39 is 0 Å². The first-order valence-corrected chi connectivity index (χ1v) is 12.5. The van der Waals surface area contributed by atoms with Gasteiger partial charge in [0.15, 0.2) is 4.80 Å². The summed E-state index contributed by atoms with van der Waals surface area (Å²) in [5.74, 6) is -0.350. The molecule has 172 valence electrons. The summed E-state index contributed by atoms with van der Waals surface area (Å²) in [5, 5.41) is 0.415.